The van der Waals surface area contributed by atoms with Gasteiger partial charge in [-0.15, -0.1) is 0 Å². The maximum absolute atomic E-state index is 14.6. The lowest BCUT2D eigenvalue weighted by Gasteiger charge is -2.31. The number of nitrogens with two attached hydrogens (primary N) is 5. The number of hydrogen-bond donors (Lipinski definition) is 13. The number of hydrogen-bond acceptors (Lipinski definition) is 16. The molecule has 2 aliphatic heterocycles. The third-order valence-corrected chi connectivity index (χ3v) is 14.0. The number of carboxylic acids is 1. The average Bonchev–Trinajstić information content (AvgIpc) is 3.87. The molecule has 76 heavy (non-hydrogen) atoms. The molecule has 0 spiro atoms. The van der Waals surface area contributed by atoms with Crippen molar-refractivity contribution in [3.63, 3.8) is 0 Å². The van der Waals surface area contributed by atoms with Crippen molar-refractivity contribution in [3.05, 3.63) is 71.8 Å². The summed E-state index contributed by atoms with van der Waals surface area (Å²) in [6.07, 6.45) is -0.141. The summed E-state index contributed by atoms with van der Waals surface area (Å²) in [5, 5.41) is 25.4. The molecule has 2 aromatic carbocycles. The number of carboxylic acid groups (broad SMARTS) is 1. The van der Waals surface area contributed by atoms with E-state index in [-0.39, 0.29) is 43.7 Å². The highest BCUT2D eigenvalue weighted by Crippen LogP contribution is 2.26. The van der Waals surface area contributed by atoms with Gasteiger partial charge >= 0.3 is 0 Å². The summed E-state index contributed by atoms with van der Waals surface area (Å²) in [4.78, 5) is 158. The molecule has 2 saturated heterocycles. The van der Waals surface area contributed by atoms with Crippen LogP contribution in [0.1, 0.15) is 69.4 Å². The van der Waals surface area contributed by atoms with Gasteiger partial charge in [0.1, 0.15) is 42.3 Å². The largest absolute Gasteiger partial charge is 0.481 e. The molecule has 0 bridgehead atoms. The minimum atomic E-state index is -1.76. The van der Waals surface area contributed by atoms with Crippen LogP contribution < -0.4 is 65.9 Å². The molecule has 0 saturated carbocycles. The Morgan fingerprint density at radius 2 is 1.21 bits per heavy atom. The van der Waals surface area contributed by atoms with E-state index in [0.717, 1.165) is 28.5 Å². The van der Waals surface area contributed by atoms with Crippen LogP contribution in [0, 0.1) is 0 Å². The fourth-order valence-electron chi connectivity index (χ4n) is 7.77. The van der Waals surface area contributed by atoms with Crippen LogP contribution in [0.3, 0.4) is 0 Å². The van der Waals surface area contributed by atoms with Gasteiger partial charge in [-0.1, -0.05) is 82.3 Å². The lowest BCUT2D eigenvalue weighted by molar-refractivity contribution is -0.142. The molecule has 8 atom stereocenters. The first-order chi connectivity index (χ1) is 36.1. The SMILES string of the molecule is CC(=O)O.NCCCCC(NC(=O)C1CCCN1C(=O)C1CSSCC(N)C(=O)NC(Cc2ccccc2)C(=O)NC(Cc2ccccc2)C(=O)NC(CCC(N)=O)C(=O)NC(CC(N)=O)C(=O)N1)C(=O)NCC(N)=O. The standard InChI is InChI=1S/C46H65N13O11S2.C2H4O2/c47-18-8-7-14-29(40(64)52-23-38(51)62)54-45(69)35-15-9-19-59(35)46(70)34-25-72-71-24-28(48)39(63)55-31(20-26-10-3-1-4-11-26)43(67)56-32(21-27-12-5-2-6-13-27)42(66)53-30(16-17-36(49)60)41(65)57-33(22-37(50)61)44(68)58-34;1-2(3)4/h1-6,10-13,28-35H,7-9,14-25,47-48H2,(H2,49,60)(H2,50,61)(H2,51,62)(H,52,64)(H,53,66)(H,54,69)(H,55,63)(H,56,67)(H,57,65)(H,58,68);1H3,(H,3,4). The molecule has 2 aromatic rings. The van der Waals surface area contributed by atoms with Crippen LogP contribution in [0.2, 0.25) is 0 Å². The molecule has 28 heteroatoms. The molecular weight excluding hydrogens is 1030 g/mol. The van der Waals surface area contributed by atoms with Crippen LogP contribution in [-0.2, 0) is 70.4 Å². The molecule has 26 nitrogen and oxygen atoms in total. The quantitative estimate of drug-likeness (QED) is 0.0472. The minimum Gasteiger partial charge on any atom is -0.481 e. The zero-order valence-corrected chi connectivity index (χ0v) is 43.6. The first kappa shape index (κ1) is 63.0. The van der Waals surface area contributed by atoms with Crippen molar-refractivity contribution >= 4 is 92.5 Å². The fourth-order valence-corrected chi connectivity index (χ4v) is 10.0. The predicted molar refractivity (Wildman–Crippen MR) is 280 cm³/mol. The third kappa shape index (κ3) is 22.7. The maximum Gasteiger partial charge on any atom is 0.300 e. The van der Waals surface area contributed by atoms with E-state index in [1.54, 1.807) is 60.7 Å². The second kappa shape index (κ2) is 32.9. The summed E-state index contributed by atoms with van der Waals surface area (Å²) < 4.78 is 0. The van der Waals surface area contributed by atoms with Gasteiger partial charge in [0, 0.05) is 44.2 Å². The Bertz CT molecular complexity index is 2350. The van der Waals surface area contributed by atoms with Crippen molar-refractivity contribution in [2.24, 2.45) is 28.7 Å². The van der Waals surface area contributed by atoms with Gasteiger partial charge in [0.2, 0.25) is 65.0 Å². The van der Waals surface area contributed by atoms with Crippen molar-refractivity contribution in [1.29, 1.82) is 0 Å². The summed E-state index contributed by atoms with van der Waals surface area (Å²) in [7, 11) is 2.07. The van der Waals surface area contributed by atoms with Gasteiger partial charge in [-0.3, -0.25) is 57.5 Å². The van der Waals surface area contributed by atoms with Crippen molar-refractivity contribution in [2.45, 2.75) is 119 Å². The lowest BCUT2D eigenvalue weighted by atomic mass is 10.0. The van der Waals surface area contributed by atoms with Crippen LogP contribution in [0.25, 0.3) is 0 Å². The first-order valence-corrected chi connectivity index (χ1v) is 26.8. The highest BCUT2D eigenvalue weighted by molar-refractivity contribution is 8.76. The fraction of sp³-hybridized carbons (Fsp3) is 0.500. The highest BCUT2D eigenvalue weighted by Gasteiger charge is 2.40. The first-order valence-electron chi connectivity index (χ1n) is 24.3. The number of carbonyl (C=O) groups is 12. The van der Waals surface area contributed by atoms with Gasteiger partial charge in [-0.05, 0) is 56.2 Å². The summed E-state index contributed by atoms with van der Waals surface area (Å²) in [5.74, 6) is -10.5. The molecule has 2 heterocycles. The number of carbonyl (C=O) groups excluding carboxylic acids is 11. The van der Waals surface area contributed by atoms with Gasteiger partial charge in [-0.2, -0.15) is 0 Å². The zero-order valence-electron chi connectivity index (χ0n) is 42.0. The highest BCUT2D eigenvalue weighted by atomic mass is 33.1. The van der Waals surface area contributed by atoms with Crippen molar-refractivity contribution in [3.8, 4) is 0 Å². The zero-order chi connectivity index (χ0) is 56.3. The van der Waals surface area contributed by atoms with E-state index in [2.05, 4.69) is 37.2 Å². The van der Waals surface area contributed by atoms with Crippen molar-refractivity contribution in [2.75, 3.05) is 31.1 Å². The van der Waals surface area contributed by atoms with Gasteiger partial charge in [-0.25, -0.2) is 0 Å². The number of nitrogens with zero attached hydrogens (tertiary/aromatic N) is 1. The maximum atomic E-state index is 14.6. The van der Waals surface area contributed by atoms with Crippen molar-refractivity contribution in [1.82, 2.24) is 42.1 Å². The smallest absolute Gasteiger partial charge is 0.300 e. The van der Waals surface area contributed by atoms with Gasteiger partial charge in [0.25, 0.3) is 5.97 Å². The number of benzene rings is 2. The van der Waals surface area contributed by atoms with Crippen LogP contribution in [0.5, 0.6) is 0 Å². The molecule has 2 aliphatic rings. The molecular formula is C48H69N13O13S2. The van der Waals surface area contributed by atoms with E-state index in [9.17, 15) is 52.7 Å². The van der Waals surface area contributed by atoms with Gasteiger partial charge in [0.15, 0.2) is 0 Å². The Hall–Kier alpha value is -7.30. The molecule has 416 valence electrons. The number of likely N-dealkylation sites (tertiary alicyclic amines) is 1. The average molecular weight is 1100 g/mol. The number of rotatable bonds is 19. The van der Waals surface area contributed by atoms with Gasteiger partial charge in [0.05, 0.1) is 19.0 Å². The number of primary amides is 3. The van der Waals surface area contributed by atoms with Crippen LogP contribution >= 0.6 is 21.6 Å². The Labute approximate surface area is 446 Å². The third-order valence-electron chi connectivity index (χ3n) is 11.6. The molecule has 18 N–H and O–H groups in total. The molecule has 4 rings (SSSR count). The number of amides is 11. The molecule has 8 unspecified atom stereocenters. The topological polar surface area (TPSA) is 443 Å². The van der Waals surface area contributed by atoms with E-state index in [0.29, 0.717) is 36.9 Å². The van der Waals surface area contributed by atoms with Crippen LogP contribution in [0.15, 0.2) is 60.7 Å². The molecule has 0 aromatic heterocycles. The predicted octanol–water partition coefficient (Wildman–Crippen LogP) is -3.94. The second-order valence-corrected chi connectivity index (χ2v) is 20.3. The van der Waals surface area contributed by atoms with E-state index >= 15 is 0 Å². The summed E-state index contributed by atoms with van der Waals surface area (Å²) in [6, 6.07) is 6.36. The Morgan fingerprint density at radius 1 is 0.697 bits per heavy atom. The van der Waals surface area contributed by atoms with E-state index in [1.807, 2.05) is 0 Å². The van der Waals surface area contributed by atoms with E-state index < -0.39 is 145 Å². The number of aliphatic carboxylic acids is 1. The monoisotopic (exact) mass is 1100 g/mol. The summed E-state index contributed by atoms with van der Waals surface area (Å²) in [6.45, 7) is 0.963. The second-order valence-electron chi connectivity index (χ2n) is 17.8. The molecule has 0 aliphatic carbocycles. The Balaban J connectivity index is 0.00000366. The number of unbranched alkanes of at least 4 members (excludes halogenated alkanes) is 1. The van der Waals surface area contributed by atoms with E-state index in [4.69, 9.17) is 38.6 Å². The summed E-state index contributed by atoms with van der Waals surface area (Å²) >= 11 is 0. The summed E-state index contributed by atoms with van der Waals surface area (Å²) in [5.41, 5.74) is 29.4. The van der Waals surface area contributed by atoms with Gasteiger partial charge < -0.3 is 75.9 Å². The number of nitrogens with one attached hydrogen (secondary N) is 7. The Kier molecular flexibility index (Phi) is 27.3. The molecule has 2 fully saturated rings. The van der Waals surface area contributed by atoms with Crippen LogP contribution in [-0.4, -0.2) is 160 Å². The molecule has 11 amide bonds. The van der Waals surface area contributed by atoms with Crippen molar-refractivity contribution < 1.29 is 62.6 Å². The van der Waals surface area contributed by atoms with Crippen LogP contribution in [0.4, 0.5) is 0 Å². The lowest BCUT2D eigenvalue weighted by Crippen LogP contribution is -2.61. The van der Waals surface area contributed by atoms with E-state index in [1.165, 1.54) is 4.90 Å². The molecule has 0 radical (unpaired) electrons. The Morgan fingerprint density at radius 3 is 1.75 bits per heavy atom. The normalized spacial score (nSPS) is 22.3. The minimum absolute atomic E-state index is 0.0198.